The van der Waals surface area contributed by atoms with E-state index in [1.807, 2.05) is 39.0 Å². The Kier molecular flexibility index (Phi) is 5.35. The van der Waals surface area contributed by atoms with E-state index in [2.05, 4.69) is 31.1 Å². The number of aryl methyl sites for hydroxylation is 3. The number of ether oxygens (including phenoxy) is 1. The summed E-state index contributed by atoms with van der Waals surface area (Å²) in [5, 5.41) is 4.01. The molecular formula is C20H21BrN4O2S. The molecule has 3 heterocycles. The van der Waals surface area contributed by atoms with Gasteiger partial charge < -0.3 is 15.0 Å². The van der Waals surface area contributed by atoms with Crippen molar-refractivity contribution in [2.24, 2.45) is 0 Å². The molecule has 0 aliphatic carbocycles. The summed E-state index contributed by atoms with van der Waals surface area (Å²) in [6.45, 7) is 8.80. The van der Waals surface area contributed by atoms with E-state index in [4.69, 9.17) is 9.72 Å². The minimum absolute atomic E-state index is 0.114. The quantitative estimate of drug-likeness (QED) is 0.624. The Labute approximate surface area is 176 Å². The van der Waals surface area contributed by atoms with Gasteiger partial charge in [0.05, 0.1) is 23.5 Å². The number of halogens is 1. The average molecular weight is 461 g/mol. The highest BCUT2D eigenvalue weighted by molar-refractivity contribution is 9.10. The van der Waals surface area contributed by atoms with Crippen molar-refractivity contribution in [3.8, 4) is 0 Å². The zero-order valence-corrected chi connectivity index (χ0v) is 18.4. The summed E-state index contributed by atoms with van der Waals surface area (Å²) in [5.41, 5.74) is 2.74. The number of nitrogens with zero attached hydrogens (tertiary/aromatic N) is 3. The fraction of sp³-hybridized carbons (Fsp3) is 0.350. The minimum Gasteiger partial charge on any atom is -0.378 e. The van der Waals surface area contributed by atoms with Crippen LogP contribution in [0.2, 0.25) is 0 Å². The van der Waals surface area contributed by atoms with Crippen LogP contribution in [-0.2, 0) is 4.74 Å². The molecule has 0 saturated carbocycles. The molecule has 6 nitrogen and oxygen atoms in total. The molecule has 3 aromatic rings. The highest BCUT2D eigenvalue weighted by Crippen LogP contribution is 2.36. The molecule has 1 amide bonds. The second kappa shape index (κ2) is 7.77. The summed E-state index contributed by atoms with van der Waals surface area (Å²) >= 11 is 4.88. The number of hydrogen-bond acceptors (Lipinski definition) is 6. The Balaban J connectivity index is 1.73. The van der Waals surface area contributed by atoms with E-state index in [9.17, 15) is 4.79 Å². The molecule has 1 saturated heterocycles. The van der Waals surface area contributed by atoms with E-state index in [1.54, 1.807) is 0 Å². The number of amides is 1. The van der Waals surface area contributed by atoms with Crippen molar-refractivity contribution >= 4 is 54.9 Å². The molecule has 4 rings (SSSR count). The molecule has 0 bridgehead atoms. The van der Waals surface area contributed by atoms with Crippen molar-refractivity contribution in [3.05, 3.63) is 44.5 Å². The number of benzene rings is 1. The molecule has 1 N–H and O–H groups in total. The van der Waals surface area contributed by atoms with Gasteiger partial charge in [0.1, 0.15) is 16.5 Å². The van der Waals surface area contributed by atoms with Crippen LogP contribution in [0, 0.1) is 20.8 Å². The minimum atomic E-state index is -0.114. The average Bonchev–Trinajstić information content (AvgIpc) is 3.00. The maximum absolute atomic E-state index is 13.0. The third-order valence-electron chi connectivity index (χ3n) is 4.84. The van der Waals surface area contributed by atoms with Crippen LogP contribution in [0.1, 0.15) is 26.6 Å². The van der Waals surface area contributed by atoms with E-state index in [-0.39, 0.29) is 5.91 Å². The van der Waals surface area contributed by atoms with Crippen LogP contribution in [-0.4, -0.2) is 42.2 Å². The fourth-order valence-electron chi connectivity index (χ4n) is 3.39. The summed E-state index contributed by atoms with van der Waals surface area (Å²) in [6.07, 6.45) is 0. The molecule has 146 valence electrons. The predicted molar refractivity (Wildman–Crippen MR) is 117 cm³/mol. The van der Waals surface area contributed by atoms with Gasteiger partial charge in [-0.15, -0.1) is 11.3 Å². The van der Waals surface area contributed by atoms with Crippen LogP contribution in [0.15, 0.2) is 22.7 Å². The Morgan fingerprint density at radius 3 is 2.68 bits per heavy atom. The molecule has 1 aromatic carbocycles. The second-order valence-electron chi connectivity index (χ2n) is 6.84. The Morgan fingerprint density at radius 1 is 1.21 bits per heavy atom. The van der Waals surface area contributed by atoms with Crippen molar-refractivity contribution in [3.63, 3.8) is 0 Å². The number of nitrogens with one attached hydrogen (secondary N) is 1. The highest BCUT2D eigenvalue weighted by atomic mass is 79.9. The number of hydrogen-bond donors (Lipinski definition) is 1. The second-order valence-corrected chi connectivity index (χ2v) is 8.76. The lowest BCUT2D eigenvalue weighted by molar-refractivity contribution is 0.103. The maximum atomic E-state index is 13.0. The number of fused-ring (bicyclic) bond motifs is 1. The molecular weight excluding hydrogens is 440 g/mol. The van der Waals surface area contributed by atoms with Gasteiger partial charge in [0.15, 0.2) is 0 Å². The van der Waals surface area contributed by atoms with Gasteiger partial charge in [0.25, 0.3) is 5.91 Å². The van der Waals surface area contributed by atoms with Gasteiger partial charge >= 0.3 is 0 Å². The van der Waals surface area contributed by atoms with Gasteiger partial charge in [-0.25, -0.2) is 9.97 Å². The summed E-state index contributed by atoms with van der Waals surface area (Å²) < 4.78 is 6.46. The molecule has 28 heavy (non-hydrogen) atoms. The van der Waals surface area contributed by atoms with Crippen molar-refractivity contribution in [1.29, 1.82) is 0 Å². The summed E-state index contributed by atoms with van der Waals surface area (Å²) in [4.78, 5) is 26.1. The van der Waals surface area contributed by atoms with Crippen molar-refractivity contribution in [1.82, 2.24) is 9.97 Å². The zero-order valence-electron chi connectivity index (χ0n) is 16.0. The molecule has 0 spiro atoms. The first-order valence-electron chi connectivity index (χ1n) is 9.12. The zero-order chi connectivity index (χ0) is 19.8. The Bertz CT molecular complexity index is 1060. The van der Waals surface area contributed by atoms with Gasteiger partial charge in [0.2, 0.25) is 0 Å². The first-order valence-corrected chi connectivity index (χ1v) is 10.7. The number of thiophene rings is 1. The van der Waals surface area contributed by atoms with E-state index in [1.165, 1.54) is 11.3 Å². The van der Waals surface area contributed by atoms with Crippen molar-refractivity contribution in [2.75, 3.05) is 36.5 Å². The number of anilines is 2. The van der Waals surface area contributed by atoms with Gasteiger partial charge in [-0.1, -0.05) is 15.9 Å². The van der Waals surface area contributed by atoms with Crippen LogP contribution < -0.4 is 10.2 Å². The number of aromatic nitrogens is 2. The number of carbonyl (C=O) groups is 1. The first-order chi connectivity index (χ1) is 13.4. The lowest BCUT2D eigenvalue weighted by Gasteiger charge is -2.28. The first kappa shape index (κ1) is 19.3. The van der Waals surface area contributed by atoms with Crippen LogP contribution in [0.5, 0.6) is 0 Å². The molecule has 0 radical (unpaired) electrons. The largest absolute Gasteiger partial charge is 0.378 e. The molecule has 1 aliphatic rings. The van der Waals surface area contributed by atoms with E-state index < -0.39 is 0 Å². The maximum Gasteiger partial charge on any atom is 0.266 e. The third-order valence-corrected chi connectivity index (χ3v) is 6.51. The summed E-state index contributed by atoms with van der Waals surface area (Å²) in [5.74, 6) is 1.50. The fourth-order valence-corrected chi connectivity index (χ4v) is 4.98. The topological polar surface area (TPSA) is 67.4 Å². The smallest absolute Gasteiger partial charge is 0.266 e. The van der Waals surface area contributed by atoms with Gasteiger partial charge in [-0.05, 0) is 50.1 Å². The molecule has 2 aromatic heterocycles. The number of rotatable bonds is 3. The third kappa shape index (κ3) is 3.64. The normalized spacial score (nSPS) is 14.5. The summed E-state index contributed by atoms with van der Waals surface area (Å²) in [6, 6.07) is 5.81. The van der Waals surface area contributed by atoms with Crippen LogP contribution in [0.4, 0.5) is 11.5 Å². The van der Waals surface area contributed by atoms with E-state index in [0.29, 0.717) is 23.9 Å². The Morgan fingerprint density at radius 2 is 1.96 bits per heavy atom. The Hall–Kier alpha value is -2.03. The highest BCUT2D eigenvalue weighted by Gasteiger charge is 2.24. The SMILES string of the molecule is Cc1nc(N2CCOCC2)c2c(C)c(C(=O)Nc3ccc(Br)cc3C)sc2n1. The van der Waals surface area contributed by atoms with Crippen molar-refractivity contribution in [2.45, 2.75) is 20.8 Å². The molecule has 0 unspecified atom stereocenters. The monoisotopic (exact) mass is 460 g/mol. The molecule has 1 fully saturated rings. The van der Waals surface area contributed by atoms with Crippen molar-refractivity contribution < 1.29 is 9.53 Å². The van der Waals surface area contributed by atoms with Crippen LogP contribution >= 0.6 is 27.3 Å². The summed E-state index contributed by atoms with van der Waals surface area (Å²) in [7, 11) is 0. The lowest BCUT2D eigenvalue weighted by Crippen LogP contribution is -2.37. The molecule has 1 aliphatic heterocycles. The number of carbonyl (C=O) groups excluding carboxylic acids is 1. The lowest BCUT2D eigenvalue weighted by atomic mass is 10.1. The standard InChI is InChI=1S/C20H21BrN4O2S/c1-11-10-14(21)4-5-15(11)24-19(26)17-12(2)16-18(25-6-8-27-9-7-25)22-13(3)23-20(16)28-17/h4-5,10H,6-9H2,1-3H3,(H,24,26). The van der Waals surface area contributed by atoms with Gasteiger partial charge in [0, 0.05) is 23.2 Å². The molecule has 0 atom stereocenters. The van der Waals surface area contributed by atoms with E-state index in [0.717, 1.165) is 50.4 Å². The molecule has 8 heteroatoms. The predicted octanol–water partition coefficient (Wildman–Crippen LogP) is 4.47. The van der Waals surface area contributed by atoms with Gasteiger partial charge in [-0.3, -0.25) is 4.79 Å². The van der Waals surface area contributed by atoms with Crippen LogP contribution in [0.25, 0.3) is 10.2 Å². The van der Waals surface area contributed by atoms with Crippen LogP contribution in [0.3, 0.4) is 0 Å². The van der Waals surface area contributed by atoms with E-state index >= 15 is 0 Å². The van der Waals surface area contributed by atoms with Gasteiger partial charge in [-0.2, -0.15) is 0 Å². The number of morpholine rings is 1.